The molecule has 0 fully saturated rings. The van der Waals surface area contributed by atoms with Crippen LogP contribution in [-0.4, -0.2) is 29.0 Å². The number of amides is 1. The first-order chi connectivity index (χ1) is 12.4. The lowest BCUT2D eigenvalue weighted by molar-refractivity contribution is 0.0978. The maximum absolute atomic E-state index is 12.3. The van der Waals surface area contributed by atoms with E-state index in [0.717, 1.165) is 25.3 Å². The number of carbonyl (C=O) groups excluding carboxylic acids is 1. The number of nitrogens with zero attached hydrogens (tertiary/aromatic N) is 1. The molecule has 0 aliphatic rings. The van der Waals surface area contributed by atoms with E-state index >= 15 is 0 Å². The molecule has 0 aliphatic heterocycles. The SMILES string of the molecule is CCN(CC)Cc1ccc(NC(=S)NC(=O)c2cc(Cl)ccc2Cl)cc1. The minimum atomic E-state index is -0.409. The Balaban J connectivity index is 1.95. The van der Waals surface area contributed by atoms with Gasteiger partial charge in [-0.1, -0.05) is 49.2 Å². The van der Waals surface area contributed by atoms with Crippen molar-refractivity contribution in [3.63, 3.8) is 0 Å². The van der Waals surface area contributed by atoms with E-state index in [4.69, 9.17) is 35.4 Å². The van der Waals surface area contributed by atoms with Crippen LogP contribution in [0.2, 0.25) is 10.0 Å². The predicted octanol–water partition coefficient (Wildman–Crippen LogP) is 4.96. The number of hydrogen-bond donors (Lipinski definition) is 2. The molecule has 4 nitrogen and oxygen atoms in total. The van der Waals surface area contributed by atoms with Crippen molar-refractivity contribution in [1.29, 1.82) is 0 Å². The van der Waals surface area contributed by atoms with Gasteiger partial charge >= 0.3 is 0 Å². The molecule has 138 valence electrons. The lowest BCUT2D eigenvalue weighted by Gasteiger charge is -2.18. The minimum absolute atomic E-state index is 0.197. The lowest BCUT2D eigenvalue weighted by atomic mass is 10.2. The van der Waals surface area contributed by atoms with E-state index in [1.54, 1.807) is 12.1 Å². The Morgan fingerprint density at radius 2 is 1.73 bits per heavy atom. The molecular formula is C19H21Cl2N3OS. The smallest absolute Gasteiger partial charge is 0.258 e. The average molecular weight is 410 g/mol. The largest absolute Gasteiger partial charge is 0.332 e. The molecule has 2 N–H and O–H groups in total. The third-order valence-electron chi connectivity index (χ3n) is 3.91. The van der Waals surface area contributed by atoms with Crippen LogP contribution in [0.4, 0.5) is 5.69 Å². The maximum atomic E-state index is 12.3. The summed E-state index contributed by atoms with van der Waals surface area (Å²) in [5, 5.41) is 6.55. The van der Waals surface area contributed by atoms with Crippen molar-refractivity contribution in [3.05, 3.63) is 63.6 Å². The van der Waals surface area contributed by atoms with Crippen LogP contribution in [-0.2, 0) is 6.54 Å². The molecule has 2 rings (SSSR count). The first kappa shape index (κ1) is 20.6. The number of thiocarbonyl (C=S) groups is 1. The van der Waals surface area contributed by atoms with Crippen molar-refractivity contribution < 1.29 is 4.79 Å². The van der Waals surface area contributed by atoms with Gasteiger partial charge in [-0.25, -0.2) is 0 Å². The van der Waals surface area contributed by atoms with Crippen molar-refractivity contribution >= 4 is 52.1 Å². The van der Waals surface area contributed by atoms with Gasteiger partial charge in [0.15, 0.2) is 5.11 Å². The molecule has 0 saturated carbocycles. The van der Waals surface area contributed by atoms with Gasteiger partial charge in [-0.2, -0.15) is 0 Å². The van der Waals surface area contributed by atoms with Gasteiger partial charge in [-0.15, -0.1) is 0 Å². The van der Waals surface area contributed by atoms with Crippen molar-refractivity contribution in [1.82, 2.24) is 10.2 Å². The zero-order valence-electron chi connectivity index (χ0n) is 14.7. The second-order valence-corrected chi connectivity index (χ2v) is 6.94. The van der Waals surface area contributed by atoms with Crippen molar-refractivity contribution in [2.24, 2.45) is 0 Å². The standard InChI is InChI=1S/C19H21Cl2N3OS/c1-3-24(4-2)12-13-5-8-15(9-6-13)22-19(26)23-18(25)16-11-14(20)7-10-17(16)21/h5-11H,3-4,12H2,1-2H3,(H2,22,23,25,26). The Kier molecular flexibility index (Phi) is 7.85. The average Bonchev–Trinajstić information content (AvgIpc) is 2.62. The summed E-state index contributed by atoms with van der Waals surface area (Å²) in [5.74, 6) is -0.409. The second-order valence-electron chi connectivity index (χ2n) is 5.69. The fourth-order valence-electron chi connectivity index (χ4n) is 2.40. The summed E-state index contributed by atoms with van der Waals surface area (Å²) in [4.78, 5) is 14.6. The zero-order valence-corrected chi connectivity index (χ0v) is 17.0. The van der Waals surface area contributed by atoms with Crippen molar-refractivity contribution in [3.8, 4) is 0 Å². The summed E-state index contributed by atoms with van der Waals surface area (Å²) in [6, 6.07) is 12.6. The monoisotopic (exact) mass is 409 g/mol. The quantitative estimate of drug-likeness (QED) is 0.661. The summed E-state index contributed by atoms with van der Waals surface area (Å²) in [7, 11) is 0. The highest BCUT2D eigenvalue weighted by Crippen LogP contribution is 2.20. The molecular weight excluding hydrogens is 389 g/mol. The van der Waals surface area contributed by atoms with Crippen LogP contribution in [0, 0.1) is 0 Å². The van der Waals surface area contributed by atoms with E-state index in [1.165, 1.54) is 11.6 Å². The Labute approximate surface area is 169 Å². The Bertz CT molecular complexity index is 777. The van der Waals surface area contributed by atoms with Gasteiger partial charge < -0.3 is 5.32 Å². The first-order valence-corrected chi connectivity index (χ1v) is 9.48. The molecule has 2 aromatic rings. The van der Waals surface area contributed by atoms with Crippen molar-refractivity contribution in [2.75, 3.05) is 18.4 Å². The van der Waals surface area contributed by atoms with Crippen molar-refractivity contribution in [2.45, 2.75) is 20.4 Å². The molecule has 0 saturated heterocycles. The molecule has 0 bridgehead atoms. The molecule has 0 aromatic heterocycles. The van der Waals surface area contributed by atoms with Gasteiger partial charge in [0.25, 0.3) is 5.91 Å². The summed E-state index contributed by atoms with van der Waals surface area (Å²) in [6.07, 6.45) is 0. The Morgan fingerprint density at radius 1 is 1.08 bits per heavy atom. The maximum Gasteiger partial charge on any atom is 0.258 e. The van der Waals surface area contributed by atoms with Crippen LogP contribution in [0.1, 0.15) is 29.8 Å². The number of hydrogen-bond acceptors (Lipinski definition) is 3. The number of rotatable bonds is 6. The summed E-state index contributed by atoms with van der Waals surface area (Å²) in [5.41, 5.74) is 2.30. The highest BCUT2D eigenvalue weighted by atomic mass is 35.5. The molecule has 26 heavy (non-hydrogen) atoms. The van der Waals surface area contributed by atoms with Crippen LogP contribution < -0.4 is 10.6 Å². The molecule has 0 atom stereocenters. The summed E-state index contributed by atoms with van der Waals surface area (Å²) in [6.45, 7) is 7.22. The van der Waals surface area contributed by atoms with Gasteiger partial charge in [0, 0.05) is 17.3 Å². The number of nitrogens with one attached hydrogen (secondary N) is 2. The lowest BCUT2D eigenvalue weighted by Crippen LogP contribution is -2.34. The number of carbonyl (C=O) groups is 1. The third kappa shape index (κ3) is 5.95. The van der Waals surface area contributed by atoms with Crippen LogP contribution in [0.25, 0.3) is 0 Å². The molecule has 1 amide bonds. The number of halogens is 2. The fraction of sp³-hybridized carbons (Fsp3) is 0.263. The number of benzene rings is 2. The van der Waals surface area contributed by atoms with Gasteiger partial charge in [0.05, 0.1) is 10.6 Å². The third-order valence-corrected chi connectivity index (χ3v) is 4.68. The van der Waals surface area contributed by atoms with E-state index in [2.05, 4.69) is 29.4 Å². The predicted molar refractivity (Wildman–Crippen MR) is 113 cm³/mol. The van der Waals surface area contributed by atoms with E-state index in [0.29, 0.717) is 10.0 Å². The van der Waals surface area contributed by atoms with Crippen LogP contribution >= 0.6 is 35.4 Å². The van der Waals surface area contributed by atoms with Crippen LogP contribution in [0.15, 0.2) is 42.5 Å². The molecule has 0 heterocycles. The molecule has 0 unspecified atom stereocenters. The molecule has 2 aromatic carbocycles. The first-order valence-electron chi connectivity index (χ1n) is 8.31. The van der Waals surface area contributed by atoms with E-state index in [1.807, 2.05) is 24.3 Å². The Morgan fingerprint density at radius 3 is 2.35 bits per heavy atom. The van der Waals surface area contributed by atoms with E-state index in [9.17, 15) is 4.79 Å². The van der Waals surface area contributed by atoms with Crippen LogP contribution in [0.5, 0.6) is 0 Å². The highest BCUT2D eigenvalue weighted by molar-refractivity contribution is 7.80. The zero-order chi connectivity index (χ0) is 19.1. The molecule has 0 aliphatic carbocycles. The second kappa shape index (κ2) is 9.88. The number of anilines is 1. The molecule has 0 spiro atoms. The molecule has 0 radical (unpaired) electrons. The van der Waals surface area contributed by atoms with Gasteiger partial charge in [-0.05, 0) is 61.2 Å². The Hall–Kier alpha value is -1.66. The van der Waals surface area contributed by atoms with Gasteiger partial charge in [-0.3, -0.25) is 15.0 Å². The summed E-state index contributed by atoms with van der Waals surface area (Å²) >= 11 is 17.1. The summed E-state index contributed by atoms with van der Waals surface area (Å²) < 4.78 is 0. The topological polar surface area (TPSA) is 44.4 Å². The van der Waals surface area contributed by atoms with Gasteiger partial charge in [0.1, 0.15) is 0 Å². The molecule has 7 heteroatoms. The van der Waals surface area contributed by atoms with E-state index < -0.39 is 5.91 Å². The van der Waals surface area contributed by atoms with E-state index in [-0.39, 0.29) is 10.7 Å². The highest BCUT2D eigenvalue weighted by Gasteiger charge is 2.12. The van der Waals surface area contributed by atoms with Gasteiger partial charge in [0.2, 0.25) is 0 Å². The van der Waals surface area contributed by atoms with Crippen LogP contribution in [0.3, 0.4) is 0 Å². The minimum Gasteiger partial charge on any atom is -0.332 e. The normalized spacial score (nSPS) is 10.7. The fourth-order valence-corrected chi connectivity index (χ4v) is 2.99.